The Hall–Kier alpha value is -0.640. The van der Waals surface area contributed by atoms with Gasteiger partial charge in [-0.05, 0) is 24.3 Å². The van der Waals surface area contributed by atoms with E-state index in [4.69, 9.17) is 11.6 Å². The molecule has 0 amide bonds. The van der Waals surface area contributed by atoms with Gasteiger partial charge in [-0.15, -0.1) is 22.9 Å². The van der Waals surface area contributed by atoms with Crippen LogP contribution in [0.25, 0.3) is 0 Å². The van der Waals surface area contributed by atoms with Gasteiger partial charge in [-0.3, -0.25) is 4.21 Å². The van der Waals surface area contributed by atoms with E-state index in [1.807, 2.05) is 42.5 Å². The summed E-state index contributed by atoms with van der Waals surface area (Å²) < 4.78 is 12.0. The Kier molecular flexibility index (Phi) is 4.16. The maximum absolute atomic E-state index is 12.0. The topological polar surface area (TPSA) is 17.1 Å². The van der Waals surface area contributed by atoms with Crippen molar-refractivity contribution in [1.29, 1.82) is 0 Å². The summed E-state index contributed by atoms with van der Waals surface area (Å²) in [6.07, 6.45) is 0. The van der Waals surface area contributed by atoms with Gasteiger partial charge in [-0.2, -0.15) is 0 Å². The van der Waals surface area contributed by atoms with Crippen molar-refractivity contribution in [3.63, 3.8) is 0 Å². The Bertz CT molecular complexity index is 479. The highest BCUT2D eigenvalue weighted by Crippen LogP contribution is 2.21. The lowest BCUT2D eigenvalue weighted by molar-refractivity contribution is 0.683. The van der Waals surface area contributed by atoms with E-state index in [1.165, 1.54) is 0 Å². The highest BCUT2D eigenvalue weighted by atomic mass is 35.5. The predicted molar refractivity (Wildman–Crippen MR) is 70.4 cm³/mol. The third-order valence-electron chi connectivity index (χ3n) is 2.13. The third kappa shape index (κ3) is 2.94. The number of rotatable bonds is 4. The molecule has 1 aromatic heterocycles. The van der Waals surface area contributed by atoms with E-state index in [2.05, 4.69) is 0 Å². The van der Waals surface area contributed by atoms with Crippen LogP contribution in [0.5, 0.6) is 0 Å². The largest absolute Gasteiger partial charge is 0.254 e. The average Bonchev–Trinajstić information content (AvgIpc) is 2.78. The monoisotopic (exact) mass is 270 g/mol. The molecule has 0 aliphatic rings. The van der Waals surface area contributed by atoms with Gasteiger partial charge in [0.1, 0.15) is 0 Å². The van der Waals surface area contributed by atoms with Crippen LogP contribution >= 0.6 is 22.9 Å². The van der Waals surface area contributed by atoms with Gasteiger partial charge in [0, 0.05) is 14.6 Å². The van der Waals surface area contributed by atoms with Crippen LogP contribution in [-0.2, 0) is 22.4 Å². The fraction of sp³-hybridized carbons (Fsp3) is 0.167. The Morgan fingerprint density at radius 1 is 1.06 bits per heavy atom. The predicted octanol–water partition coefficient (Wildman–Crippen LogP) is 3.79. The van der Waals surface area contributed by atoms with Crippen LogP contribution in [-0.4, -0.2) is 4.21 Å². The van der Waals surface area contributed by atoms with Gasteiger partial charge >= 0.3 is 0 Å². The van der Waals surface area contributed by atoms with Gasteiger partial charge in [0.05, 0.1) is 22.4 Å². The second-order valence-corrected chi connectivity index (χ2v) is 6.28. The summed E-state index contributed by atoms with van der Waals surface area (Å²) in [5.74, 6) is 1.11. The molecule has 0 N–H and O–H groups in total. The first kappa shape index (κ1) is 11.8. The summed E-state index contributed by atoms with van der Waals surface area (Å²) in [6, 6.07) is 13.5. The van der Waals surface area contributed by atoms with Crippen molar-refractivity contribution in [2.75, 3.05) is 0 Å². The van der Waals surface area contributed by atoms with E-state index in [0.717, 1.165) is 14.6 Å². The summed E-state index contributed by atoms with van der Waals surface area (Å²) in [5.41, 5.74) is 0. The first-order valence-electron chi connectivity index (χ1n) is 4.86. The Labute approximate surface area is 107 Å². The van der Waals surface area contributed by atoms with Crippen LogP contribution in [0.4, 0.5) is 0 Å². The number of thiophene rings is 1. The number of hydrogen-bond donors (Lipinski definition) is 0. The van der Waals surface area contributed by atoms with Gasteiger partial charge in [0.15, 0.2) is 0 Å². The summed E-state index contributed by atoms with van der Waals surface area (Å²) in [6.45, 7) is 0. The molecule has 0 radical (unpaired) electrons. The molecule has 16 heavy (non-hydrogen) atoms. The molecule has 0 fully saturated rings. The maximum atomic E-state index is 12.0. The maximum Gasteiger partial charge on any atom is 0.0626 e. The zero-order valence-corrected chi connectivity index (χ0v) is 10.9. The summed E-state index contributed by atoms with van der Waals surface area (Å²) in [4.78, 5) is 3.13. The van der Waals surface area contributed by atoms with E-state index in [0.29, 0.717) is 11.6 Å². The zero-order valence-electron chi connectivity index (χ0n) is 8.56. The Morgan fingerprint density at radius 2 is 1.75 bits per heavy atom. The Morgan fingerprint density at radius 3 is 2.38 bits per heavy atom. The molecule has 1 heterocycles. The average molecular weight is 271 g/mol. The molecule has 84 valence electrons. The molecule has 0 aliphatic heterocycles. The van der Waals surface area contributed by atoms with Gasteiger partial charge in [-0.1, -0.05) is 18.2 Å². The molecule has 4 heteroatoms. The van der Waals surface area contributed by atoms with Crippen molar-refractivity contribution in [3.05, 3.63) is 52.2 Å². The number of benzene rings is 1. The molecule has 2 aromatic rings. The smallest absolute Gasteiger partial charge is 0.0626 e. The van der Waals surface area contributed by atoms with Crippen LogP contribution in [0.2, 0.25) is 0 Å². The molecule has 0 saturated heterocycles. The van der Waals surface area contributed by atoms with E-state index in [1.54, 1.807) is 11.3 Å². The Balaban J connectivity index is 2.08. The first-order valence-corrected chi connectivity index (χ1v) is 7.53. The van der Waals surface area contributed by atoms with Crippen molar-refractivity contribution in [2.24, 2.45) is 0 Å². The standard InChI is InChI=1S/C12H11ClOS2/c13-8-10-6-7-11(15-10)9-16(14)12-4-2-1-3-5-12/h1-7H,8-9H2. The SMILES string of the molecule is O=S(Cc1ccc(CCl)s1)c1ccccc1. The van der Waals surface area contributed by atoms with E-state index >= 15 is 0 Å². The second kappa shape index (κ2) is 5.62. The van der Waals surface area contributed by atoms with Crippen molar-refractivity contribution in [3.8, 4) is 0 Å². The van der Waals surface area contributed by atoms with Crippen LogP contribution < -0.4 is 0 Å². The van der Waals surface area contributed by atoms with Gasteiger partial charge in [-0.25, -0.2) is 0 Å². The minimum absolute atomic E-state index is 0.530. The van der Waals surface area contributed by atoms with E-state index in [-0.39, 0.29) is 0 Å². The van der Waals surface area contributed by atoms with E-state index in [9.17, 15) is 4.21 Å². The molecular weight excluding hydrogens is 260 g/mol. The molecule has 1 atom stereocenters. The number of hydrogen-bond acceptors (Lipinski definition) is 2. The fourth-order valence-corrected chi connectivity index (χ4v) is 3.81. The normalized spacial score (nSPS) is 12.6. The van der Waals surface area contributed by atoms with Crippen molar-refractivity contribution >= 4 is 33.7 Å². The fourth-order valence-electron chi connectivity index (χ4n) is 1.36. The van der Waals surface area contributed by atoms with Gasteiger partial charge < -0.3 is 0 Å². The van der Waals surface area contributed by atoms with Crippen molar-refractivity contribution in [2.45, 2.75) is 16.5 Å². The van der Waals surface area contributed by atoms with Gasteiger partial charge in [0.25, 0.3) is 0 Å². The van der Waals surface area contributed by atoms with Crippen LogP contribution in [0.15, 0.2) is 47.4 Å². The van der Waals surface area contributed by atoms with Crippen LogP contribution in [0.1, 0.15) is 9.75 Å². The van der Waals surface area contributed by atoms with Crippen LogP contribution in [0.3, 0.4) is 0 Å². The van der Waals surface area contributed by atoms with E-state index < -0.39 is 10.8 Å². The molecule has 0 bridgehead atoms. The molecule has 0 aliphatic carbocycles. The molecule has 1 nitrogen and oxygen atoms in total. The summed E-state index contributed by atoms with van der Waals surface area (Å²) in [5, 5.41) is 0. The number of alkyl halides is 1. The third-order valence-corrected chi connectivity index (χ3v) is 5.21. The lowest BCUT2D eigenvalue weighted by Gasteiger charge is -1.99. The minimum atomic E-state index is -0.956. The van der Waals surface area contributed by atoms with Crippen LogP contribution in [0, 0.1) is 0 Å². The second-order valence-electron chi connectivity index (χ2n) is 3.30. The highest BCUT2D eigenvalue weighted by Gasteiger charge is 2.06. The molecule has 0 spiro atoms. The highest BCUT2D eigenvalue weighted by molar-refractivity contribution is 7.84. The minimum Gasteiger partial charge on any atom is -0.254 e. The molecule has 2 rings (SSSR count). The van der Waals surface area contributed by atoms with Gasteiger partial charge in [0.2, 0.25) is 0 Å². The van der Waals surface area contributed by atoms with Crippen molar-refractivity contribution < 1.29 is 4.21 Å². The number of halogens is 1. The molecule has 0 saturated carbocycles. The van der Waals surface area contributed by atoms with Crippen molar-refractivity contribution in [1.82, 2.24) is 0 Å². The first-order chi connectivity index (χ1) is 7.79. The lowest BCUT2D eigenvalue weighted by Crippen LogP contribution is -1.93. The molecule has 1 unspecified atom stereocenters. The summed E-state index contributed by atoms with van der Waals surface area (Å²) >= 11 is 7.36. The summed E-state index contributed by atoms with van der Waals surface area (Å²) in [7, 11) is -0.956. The lowest BCUT2D eigenvalue weighted by atomic mass is 10.4. The molecular formula is C12H11ClOS2. The zero-order chi connectivity index (χ0) is 11.4. The quantitative estimate of drug-likeness (QED) is 0.773. The molecule has 1 aromatic carbocycles.